The summed E-state index contributed by atoms with van der Waals surface area (Å²) < 4.78 is 0. The maximum atomic E-state index is 2.39. The predicted octanol–water partition coefficient (Wildman–Crippen LogP) is -0.349. The average molecular weight is 180 g/mol. The van der Waals surface area contributed by atoms with Gasteiger partial charge in [-0.05, 0) is 51.9 Å². The first-order valence-corrected chi connectivity index (χ1v) is 5.66. The summed E-state index contributed by atoms with van der Waals surface area (Å²) in [5.41, 5.74) is 0. The fraction of sp³-hybridized carbons (Fsp3) is 1.00. The van der Waals surface area contributed by atoms with Crippen LogP contribution in [0.3, 0.4) is 0 Å². The van der Waals surface area contributed by atoms with E-state index in [4.69, 9.17) is 0 Å². The Balaban J connectivity index is 0.000000132. The van der Waals surface area contributed by atoms with E-state index in [2.05, 4.69) is 25.6 Å². The van der Waals surface area contributed by atoms with Gasteiger partial charge in [0.05, 0.1) is 0 Å². The number of nitrogens with zero attached hydrogens (tertiary/aromatic N) is 2. The molecule has 2 saturated heterocycles. The van der Waals surface area contributed by atoms with Crippen molar-refractivity contribution in [3.63, 3.8) is 0 Å². The molecule has 0 atom stereocenters. The van der Waals surface area contributed by atoms with Gasteiger partial charge in [0.1, 0.15) is 0 Å². The molecule has 0 amide bonds. The Kier molecular flexibility index (Phi) is 5.56. The Labute approximate surface area is 84.5 Å². The Hall–Kier alpha value is 0.0499. The van der Waals surface area contributed by atoms with Crippen LogP contribution in [0.5, 0.6) is 0 Å². The Morgan fingerprint density at radius 1 is 0.538 bits per heavy atom. The standard InChI is InChI=1S/C5H12BN.C4H10BN/c6-7-4-2-1-3-5-7;5-6-3-1-2-4-6/h1-6H2;1-5H2. The van der Waals surface area contributed by atoms with Gasteiger partial charge in [-0.25, -0.2) is 0 Å². The molecule has 2 heterocycles. The van der Waals surface area contributed by atoms with Crippen LogP contribution in [0, 0.1) is 0 Å². The second kappa shape index (κ2) is 6.50. The van der Waals surface area contributed by atoms with Gasteiger partial charge in [-0.2, -0.15) is 0 Å². The van der Waals surface area contributed by atoms with E-state index in [0.29, 0.717) is 0 Å². The molecule has 4 heteroatoms. The zero-order valence-corrected chi connectivity index (χ0v) is 9.26. The summed E-state index contributed by atoms with van der Waals surface area (Å²) >= 11 is 0. The summed E-state index contributed by atoms with van der Waals surface area (Å²) in [6.07, 6.45) is 7.10. The lowest BCUT2D eigenvalue weighted by atomic mass is 10.1. The highest BCUT2D eigenvalue weighted by Gasteiger charge is 2.03. The smallest absolute Gasteiger partial charge is 0.185 e. The van der Waals surface area contributed by atoms with E-state index in [-0.39, 0.29) is 0 Å². The van der Waals surface area contributed by atoms with Crippen LogP contribution in [0.2, 0.25) is 0 Å². The zero-order chi connectivity index (χ0) is 9.52. The van der Waals surface area contributed by atoms with Crippen molar-refractivity contribution < 1.29 is 0 Å². The van der Waals surface area contributed by atoms with Gasteiger partial charge in [-0.15, -0.1) is 0 Å². The third-order valence-corrected chi connectivity index (χ3v) is 2.91. The van der Waals surface area contributed by atoms with Crippen LogP contribution in [-0.2, 0) is 0 Å². The molecule has 0 aromatic carbocycles. The van der Waals surface area contributed by atoms with Crippen LogP contribution in [0.15, 0.2) is 0 Å². The van der Waals surface area contributed by atoms with Gasteiger partial charge in [0, 0.05) is 0 Å². The van der Waals surface area contributed by atoms with E-state index < -0.39 is 0 Å². The summed E-state index contributed by atoms with van der Waals surface area (Å²) in [6, 6.07) is 0. The highest BCUT2D eigenvalue weighted by molar-refractivity contribution is 6.04. The first kappa shape index (κ1) is 11.1. The van der Waals surface area contributed by atoms with Gasteiger partial charge >= 0.3 is 0 Å². The quantitative estimate of drug-likeness (QED) is 0.470. The highest BCUT2D eigenvalue weighted by atomic mass is 15.0. The molecule has 0 radical (unpaired) electrons. The first-order valence-electron chi connectivity index (χ1n) is 5.66. The molecular formula is C9H22B2N2. The van der Waals surface area contributed by atoms with E-state index >= 15 is 0 Å². The fourth-order valence-electron chi connectivity index (χ4n) is 1.93. The Bertz CT molecular complexity index is 121. The summed E-state index contributed by atoms with van der Waals surface area (Å²) in [5.74, 6) is 0. The summed E-state index contributed by atoms with van der Waals surface area (Å²) in [6.45, 7) is 5.28. The number of hydrogen-bond donors (Lipinski definition) is 0. The summed E-state index contributed by atoms with van der Waals surface area (Å²) in [4.78, 5) is 4.75. The van der Waals surface area contributed by atoms with Gasteiger partial charge in [0.25, 0.3) is 0 Å². The van der Waals surface area contributed by atoms with E-state index in [9.17, 15) is 0 Å². The van der Waals surface area contributed by atoms with Crippen LogP contribution in [0.25, 0.3) is 0 Å². The molecule has 0 spiro atoms. The minimum atomic E-state index is 1.32. The first-order chi connectivity index (χ1) is 6.29. The molecular weight excluding hydrogens is 158 g/mol. The Morgan fingerprint density at radius 3 is 1.00 bits per heavy atom. The lowest BCUT2D eigenvalue weighted by Crippen LogP contribution is -2.26. The van der Waals surface area contributed by atoms with Crippen LogP contribution in [0.1, 0.15) is 32.1 Å². The van der Waals surface area contributed by atoms with E-state index in [1.54, 1.807) is 0 Å². The van der Waals surface area contributed by atoms with Crippen molar-refractivity contribution in [1.82, 2.24) is 9.62 Å². The molecule has 2 aliphatic rings. The Morgan fingerprint density at radius 2 is 0.846 bits per heavy atom. The maximum Gasteiger partial charge on any atom is 0.185 e. The second-order valence-electron chi connectivity index (χ2n) is 4.37. The number of piperidine rings is 1. The lowest BCUT2D eigenvalue weighted by Gasteiger charge is -2.21. The fourth-order valence-corrected chi connectivity index (χ4v) is 1.93. The van der Waals surface area contributed by atoms with Crippen molar-refractivity contribution in [2.45, 2.75) is 32.1 Å². The molecule has 2 rings (SSSR count). The van der Waals surface area contributed by atoms with Gasteiger partial charge in [0.15, 0.2) is 16.0 Å². The van der Waals surface area contributed by atoms with Gasteiger partial charge < -0.3 is 9.62 Å². The van der Waals surface area contributed by atoms with Crippen molar-refractivity contribution in [3.05, 3.63) is 0 Å². The molecule has 13 heavy (non-hydrogen) atoms. The topological polar surface area (TPSA) is 6.48 Å². The SMILES string of the molecule is BN1CCCC1.BN1CCCCC1. The van der Waals surface area contributed by atoms with Crippen LogP contribution < -0.4 is 0 Å². The normalized spacial score (nSPS) is 25.2. The highest BCUT2D eigenvalue weighted by Crippen LogP contribution is 2.04. The van der Waals surface area contributed by atoms with Crippen molar-refractivity contribution >= 4 is 16.0 Å². The largest absolute Gasteiger partial charge is 0.349 e. The molecule has 0 N–H and O–H groups in total. The minimum absolute atomic E-state index is 1.32. The van der Waals surface area contributed by atoms with Crippen LogP contribution in [-0.4, -0.2) is 51.8 Å². The molecule has 74 valence electrons. The molecule has 0 saturated carbocycles. The van der Waals surface area contributed by atoms with Gasteiger partial charge in [-0.1, -0.05) is 6.42 Å². The number of hydrogen-bond acceptors (Lipinski definition) is 2. The summed E-state index contributed by atoms with van der Waals surface area (Å²) in [5, 5.41) is 0. The monoisotopic (exact) mass is 180 g/mol. The molecule has 0 unspecified atom stereocenters. The molecule has 0 aliphatic carbocycles. The third-order valence-electron chi connectivity index (χ3n) is 2.91. The van der Waals surface area contributed by atoms with Gasteiger partial charge in [-0.3, -0.25) is 0 Å². The second-order valence-corrected chi connectivity index (χ2v) is 4.37. The molecule has 2 fully saturated rings. The molecule has 0 aromatic heterocycles. The zero-order valence-electron chi connectivity index (χ0n) is 9.26. The average Bonchev–Trinajstić information content (AvgIpc) is 2.58. The number of rotatable bonds is 0. The van der Waals surface area contributed by atoms with Crippen molar-refractivity contribution in [2.75, 3.05) is 26.2 Å². The van der Waals surface area contributed by atoms with Crippen molar-refractivity contribution in [1.29, 1.82) is 0 Å². The van der Waals surface area contributed by atoms with E-state index in [1.807, 2.05) is 0 Å². The lowest BCUT2D eigenvalue weighted by molar-refractivity contribution is 0.367. The van der Waals surface area contributed by atoms with Crippen LogP contribution >= 0.6 is 0 Å². The van der Waals surface area contributed by atoms with Crippen molar-refractivity contribution in [3.8, 4) is 0 Å². The van der Waals surface area contributed by atoms with E-state index in [1.165, 1.54) is 58.3 Å². The summed E-state index contributed by atoms with van der Waals surface area (Å²) in [7, 11) is 4.37. The molecule has 0 bridgehead atoms. The van der Waals surface area contributed by atoms with Gasteiger partial charge in [0.2, 0.25) is 0 Å². The maximum absolute atomic E-state index is 2.39. The minimum Gasteiger partial charge on any atom is -0.349 e. The molecule has 0 aromatic rings. The third kappa shape index (κ3) is 5.37. The molecule has 2 nitrogen and oxygen atoms in total. The molecule has 2 aliphatic heterocycles. The van der Waals surface area contributed by atoms with Crippen LogP contribution in [0.4, 0.5) is 0 Å². The van der Waals surface area contributed by atoms with E-state index in [0.717, 1.165) is 0 Å². The predicted molar refractivity (Wildman–Crippen MR) is 63.3 cm³/mol. The van der Waals surface area contributed by atoms with Crippen molar-refractivity contribution in [2.24, 2.45) is 0 Å².